The minimum absolute atomic E-state index is 0.0521. The third-order valence-corrected chi connectivity index (χ3v) is 16.6. The lowest BCUT2D eigenvalue weighted by atomic mass is 10.0. The van der Waals surface area contributed by atoms with Crippen LogP contribution in [-0.2, 0) is 18.4 Å². The highest BCUT2D eigenvalue weighted by molar-refractivity contribution is 7.47. The van der Waals surface area contributed by atoms with Gasteiger partial charge in [0.05, 0.1) is 39.9 Å². The van der Waals surface area contributed by atoms with Crippen LogP contribution in [0.5, 0.6) is 0 Å². The van der Waals surface area contributed by atoms with E-state index in [2.05, 4.69) is 141 Å². The van der Waals surface area contributed by atoms with E-state index < -0.39 is 20.0 Å². The van der Waals surface area contributed by atoms with Crippen LogP contribution in [0.4, 0.5) is 0 Å². The van der Waals surface area contributed by atoms with Gasteiger partial charge in [0.25, 0.3) is 0 Å². The Hall–Kier alpha value is -3.36. The van der Waals surface area contributed by atoms with Crippen LogP contribution in [0.15, 0.2) is 134 Å². The maximum atomic E-state index is 13.1. The number of amides is 1. The van der Waals surface area contributed by atoms with Crippen molar-refractivity contribution in [1.82, 2.24) is 5.32 Å². The SMILES string of the molecule is CC/C=C\C/C=C\C/C=C\C/C=C\C/C=C\C/C=C\C/C=C\C/C=C\C/C=C\C/C=C\CCCCCCCCC(=O)NC(COP(=O)(O)OCC[N+](C)(C)C)C(O)/C=C/CCCCCCCCCCCCCCCCCCCCCCCCCCCC. The first kappa shape index (κ1) is 83.6. The Labute approximate surface area is 538 Å². The number of hydrogen-bond acceptors (Lipinski definition) is 5. The summed E-state index contributed by atoms with van der Waals surface area (Å²) < 4.78 is 23.8. The first-order valence-electron chi connectivity index (χ1n) is 36.1. The summed E-state index contributed by atoms with van der Waals surface area (Å²) in [5.41, 5.74) is 0. The summed E-state index contributed by atoms with van der Waals surface area (Å²) in [4.78, 5) is 23.4. The van der Waals surface area contributed by atoms with E-state index in [-0.39, 0.29) is 19.1 Å². The monoisotopic (exact) mass is 1230 g/mol. The second-order valence-electron chi connectivity index (χ2n) is 25.2. The Morgan fingerprint density at radius 3 is 1.01 bits per heavy atom. The molecule has 3 atom stereocenters. The van der Waals surface area contributed by atoms with E-state index in [1.807, 2.05) is 27.2 Å². The number of nitrogens with one attached hydrogen (secondary N) is 1. The summed E-state index contributed by atoms with van der Waals surface area (Å²) >= 11 is 0. The predicted octanol–water partition coefficient (Wildman–Crippen LogP) is 23.4. The third kappa shape index (κ3) is 70.0. The molecule has 500 valence electrons. The number of rotatable bonds is 65. The molecule has 0 bridgehead atoms. The Morgan fingerprint density at radius 2 is 0.690 bits per heavy atom. The van der Waals surface area contributed by atoms with Gasteiger partial charge in [-0.25, -0.2) is 4.57 Å². The van der Waals surface area contributed by atoms with Crippen LogP contribution in [0.1, 0.15) is 303 Å². The Morgan fingerprint density at radius 1 is 0.402 bits per heavy atom. The molecule has 0 aliphatic heterocycles. The van der Waals surface area contributed by atoms with Crippen molar-refractivity contribution in [1.29, 1.82) is 0 Å². The lowest BCUT2D eigenvalue weighted by Crippen LogP contribution is -2.45. The molecule has 0 aromatic heterocycles. The standard InChI is InChI=1S/C78H137N2O6P/c1-6-8-10-12-14-16-18-20-22-24-26-28-30-32-34-36-37-38-39-40-41-42-43-44-46-48-50-52-54-56-58-60-62-64-66-68-70-72-78(82)79-76(75-86-87(83,84)85-74-73-80(3,4)5)77(81)71-69-67-65-63-61-59-57-55-53-51-49-47-45-35-33-31-29-27-25-23-21-19-17-15-13-11-9-7-2/h8,10,14,16,20,22,26,28,32,34,37-38,40-41,43-44,48,50,54,56,69,71,76-77,81H,6-7,9,11-13,15,17-19,21,23-25,27,29-31,33,35-36,39,42,45-47,49,51-53,55,57-68,70,72-75H2,1-5H3,(H-,79,82,83,84)/p+1/b10-8-,16-14-,22-20-,28-26-,34-32-,38-37-,41-40-,44-43-,50-48-,56-54-,71-69+. The number of allylic oxidation sites excluding steroid dienone is 21. The number of aliphatic hydroxyl groups excluding tert-OH is 1. The van der Waals surface area contributed by atoms with Crippen LogP contribution in [0.25, 0.3) is 0 Å². The van der Waals surface area contributed by atoms with E-state index in [4.69, 9.17) is 9.05 Å². The lowest BCUT2D eigenvalue weighted by molar-refractivity contribution is -0.870. The number of aliphatic hydroxyl groups is 1. The second kappa shape index (κ2) is 67.0. The molecule has 87 heavy (non-hydrogen) atoms. The first-order valence-corrected chi connectivity index (χ1v) is 37.6. The molecule has 3 unspecified atom stereocenters. The van der Waals surface area contributed by atoms with E-state index >= 15 is 0 Å². The van der Waals surface area contributed by atoms with Crippen LogP contribution < -0.4 is 5.32 Å². The summed E-state index contributed by atoms with van der Waals surface area (Å²) in [6.07, 6.45) is 102. The summed E-state index contributed by atoms with van der Waals surface area (Å²) in [6.45, 7) is 4.71. The summed E-state index contributed by atoms with van der Waals surface area (Å²) in [5.74, 6) is -0.194. The zero-order valence-corrected chi connectivity index (χ0v) is 58.1. The third-order valence-electron chi connectivity index (χ3n) is 15.6. The highest BCUT2D eigenvalue weighted by atomic mass is 31.2. The van der Waals surface area contributed by atoms with Crippen LogP contribution in [0, 0.1) is 0 Å². The molecular weight excluding hydrogens is 1090 g/mol. The predicted molar refractivity (Wildman–Crippen MR) is 382 cm³/mol. The molecular formula is C78H138N2O6P+. The fraction of sp³-hybridized carbons (Fsp3) is 0.705. The molecule has 0 heterocycles. The summed E-state index contributed by atoms with van der Waals surface area (Å²) in [6, 6.07) is -0.867. The molecule has 3 N–H and O–H groups in total. The van der Waals surface area contributed by atoms with E-state index in [1.54, 1.807) is 6.08 Å². The van der Waals surface area contributed by atoms with Gasteiger partial charge < -0.3 is 19.8 Å². The maximum Gasteiger partial charge on any atom is 0.472 e. The zero-order chi connectivity index (χ0) is 63.4. The molecule has 0 aliphatic rings. The van der Waals surface area contributed by atoms with Gasteiger partial charge in [0.15, 0.2) is 0 Å². The molecule has 0 saturated heterocycles. The minimum atomic E-state index is -4.37. The van der Waals surface area contributed by atoms with Crippen molar-refractivity contribution >= 4 is 13.7 Å². The topological polar surface area (TPSA) is 105 Å². The molecule has 9 heteroatoms. The van der Waals surface area contributed by atoms with Gasteiger partial charge in [-0.1, -0.05) is 334 Å². The van der Waals surface area contributed by atoms with E-state index in [9.17, 15) is 19.4 Å². The quantitative estimate of drug-likeness (QED) is 0.0243. The fourth-order valence-electron chi connectivity index (χ4n) is 10.1. The smallest absolute Gasteiger partial charge is 0.387 e. The number of phosphoric acid groups is 1. The number of hydrogen-bond donors (Lipinski definition) is 3. The van der Waals surface area contributed by atoms with Gasteiger partial charge in [0, 0.05) is 6.42 Å². The molecule has 0 aliphatic carbocycles. The highest BCUT2D eigenvalue weighted by Gasteiger charge is 2.28. The normalized spacial score (nSPS) is 14.4. The average molecular weight is 1230 g/mol. The number of likely N-dealkylation sites (N-methyl/N-ethyl adjacent to an activating group) is 1. The van der Waals surface area contributed by atoms with Gasteiger partial charge in [-0.15, -0.1) is 0 Å². The molecule has 1 amide bonds. The Kier molecular flexibility index (Phi) is 64.5. The maximum absolute atomic E-state index is 13.1. The van der Waals surface area contributed by atoms with Crippen molar-refractivity contribution in [3.8, 4) is 0 Å². The van der Waals surface area contributed by atoms with Crippen molar-refractivity contribution < 1.29 is 32.9 Å². The number of unbranched alkanes of at least 4 members (excludes halogenated alkanes) is 32. The molecule has 0 saturated carbocycles. The van der Waals surface area contributed by atoms with Gasteiger partial charge in [-0.2, -0.15) is 0 Å². The van der Waals surface area contributed by atoms with Crippen LogP contribution in [0.3, 0.4) is 0 Å². The first-order chi connectivity index (χ1) is 42.5. The Bertz CT molecular complexity index is 1880. The van der Waals surface area contributed by atoms with Gasteiger partial charge >= 0.3 is 7.82 Å². The molecule has 0 rings (SSSR count). The zero-order valence-electron chi connectivity index (χ0n) is 57.2. The summed E-state index contributed by atoms with van der Waals surface area (Å²) in [5, 5.41) is 14.0. The van der Waals surface area contributed by atoms with E-state index in [0.717, 1.165) is 122 Å². The van der Waals surface area contributed by atoms with Crippen LogP contribution in [0.2, 0.25) is 0 Å². The van der Waals surface area contributed by atoms with Crippen molar-refractivity contribution in [2.75, 3.05) is 40.9 Å². The van der Waals surface area contributed by atoms with Crippen LogP contribution >= 0.6 is 7.82 Å². The van der Waals surface area contributed by atoms with Crippen molar-refractivity contribution in [2.24, 2.45) is 0 Å². The van der Waals surface area contributed by atoms with Gasteiger partial charge in [0.1, 0.15) is 13.2 Å². The molecule has 0 aromatic rings. The second-order valence-corrected chi connectivity index (χ2v) is 26.7. The van der Waals surface area contributed by atoms with Gasteiger partial charge in [0.2, 0.25) is 5.91 Å². The molecule has 0 aromatic carbocycles. The van der Waals surface area contributed by atoms with Crippen molar-refractivity contribution in [2.45, 2.75) is 315 Å². The van der Waals surface area contributed by atoms with Crippen molar-refractivity contribution in [3.05, 3.63) is 134 Å². The van der Waals surface area contributed by atoms with Crippen LogP contribution in [-0.4, -0.2) is 73.4 Å². The molecule has 8 nitrogen and oxygen atoms in total. The number of carbonyl (C=O) groups is 1. The average Bonchev–Trinajstić information content (AvgIpc) is 3.70. The van der Waals surface area contributed by atoms with Gasteiger partial charge in [-0.05, 0) is 96.3 Å². The molecule has 0 fully saturated rings. The van der Waals surface area contributed by atoms with Crippen molar-refractivity contribution in [3.63, 3.8) is 0 Å². The van der Waals surface area contributed by atoms with Gasteiger partial charge in [-0.3, -0.25) is 13.8 Å². The minimum Gasteiger partial charge on any atom is -0.387 e. The molecule has 0 radical (unpaired) electrons. The largest absolute Gasteiger partial charge is 0.472 e. The lowest BCUT2D eigenvalue weighted by Gasteiger charge is -2.25. The number of nitrogens with zero attached hydrogens (tertiary/aromatic N) is 1. The highest BCUT2D eigenvalue weighted by Crippen LogP contribution is 2.43. The number of quaternary nitrogens is 1. The fourth-order valence-corrected chi connectivity index (χ4v) is 10.8. The van der Waals surface area contributed by atoms with E-state index in [1.165, 1.54) is 161 Å². The number of phosphoric ester groups is 1. The molecule has 0 spiro atoms. The summed E-state index contributed by atoms with van der Waals surface area (Å²) in [7, 11) is 1.55. The number of carbonyl (C=O) groups excluding carboxylic acids is 1. The van der Waals surface area contributed by atoms with E-state index in [0.29, 0.717) is 17.4 Å². The Balaban J connectivity index is 4.17.